The number of hydrogen-bond donors (Lipinski definition) is 10. The van der Waals surface area contributed by atoms with E-state index in [1.165, 1.54) is 50.6 Å². The molecule has 4 aliphatic carbocycles. The fourth-order valence-corrected chi connectivity index (χ4v) is 14.1. The SMILES string of the molecule is COc1cccc2c1C(=O)c1c(O)c3c(c(O)c1C2=O)C[C@@](O)(C(=O)CO)C[C@@H]3OC1CC(N(N2C=CCC2)N(C2CC(O[C@H]3C[C@](O)(C(=O)CO)Cc4c(O)c5c(c(O)c43)C(=O)c3c(OC)cccc3C5=O)OC(C)C2O)N2C=CCC2)C(O)C(C)O1. The summed E-state index contributed by atoms with van der Waals surface area (Å²) in [5, 5.41) is 125. The van der Waals surface area contributed by atoms with Gasteiger partial charge in [-0.2, -0.15) is 0 Å². The molecule has 12 rings (SSSR count). The largest absolute Gasteiger partial charge is 0.507 e. The zero-order valence-corrected chi connectivity index (χ0v) is 48.2. The second kappa shape index (κ2) is 22.7. The summed E-state index contributed by atoms with van der Waals surface area (Å²) in [6, 6.07) is 6.33. The van der Waals surface area contributed by atoms with Crippen molar-refractivity contribution >= 4 is 34.7 Å². The fourth-order valence-electron chi connectivity index (χ4n) is 14.1. The number of ketones is 6. The van der Waals surface area contributed by atoms with E-state index in [0.717, 1.165) is 0 Å². The number of phenols is 4. The zero-order chi connectivity index (χ0) is 62.7. The van der Waals surface area contributed by atoms with Crippen LogP contribution in [0.1, 0.15) is 151 Å². The number of aromatic hydroxyl groups is 4. The van der Waals surface area contributed by atoms with Crippen molar-refractivity contribution in [3.8, 4) is 34.5 Å². The van der Waals surface area contributed by atoms with E-state index >= 15 is 0 Å². The number of aliphatic hydroxyl groups is 6. The van der Waals surface area contributed by atoms with Crippen LogP contribution in [0.3, 0.4) is 0 Å². The maximum Gasteiger partial charge on any atom is 0.202 e. The molecule has 8 unspecified atom stereocenters. The van der Waals surface area contributed by atoms with E-state index in [2.05, 4.69) is 0 Å². The van der Waals surface area contributed by atoms with Gasteiger partial charge < -0.3 is 79.5 Å². The van der Waals surface area contributed by atoms with Gasteiger partial charge in [0.15, 0.2) is 35.7 Å². The molecule has 4 heterocycles. The Hall–Kier alpha value is -7.70. The second-order valence-electron chi connectivity index (χ2n) is 23.4. The number of carbonyl (C=O) groups excluding carboxylic acids is 6. The molecule has 2 saturated heterocycles. The molecule has 4 aliphatic heterocycles. The van der Waals surface area contributed by atoms with Gasteiger partial charge in [0.2, 0.25) is 11.6 Å². The number of fused-ring (bicyclic) bond motifs is 6. The first-order valence-electron chi connectivity index (χ1n) is 28.9. The first-order valence-corrected chi connectivity index (χ1v) is 28.9. The van der Waals surface area contributed by atoms with E-state index in [4.69, 9.17) is 28.4 Å². The van der Waals surface area contributed by atoms with E-state index in [-0.39, 0.29) is 68.8 Å². The van der Waals surface area contributed by atoms with Gasteiger partial charge in [-0.3, -0.25) is 38.8 Å². The standard InChI is InChI=1S/C62H66N4O22/c1-27-51(71)33(19-41(85-27)87-37-23-61(81,39(69)25-67)21-31-45(37)59(79)49-47(55(31)75)53(73)29-11-9-13-35(83-3)43(29)57(49)77)65(63-15-5-6-16-63)66(64-17-7-8-18-64)34-20-42(86-28(2)52(34)72)88-38-24-62(82,40(70)26-68)22-32-46(38)60(80)50-48(56(32)76)54(74)30-12-10-14-36(84-4)44(30)58(50)78/h5,7,9-15,17,27-28,33-34,37-38,41-42,51-52,67-68,71-72,75-76,79-82H,6,8,16,18-26H2,1-4H3/t27?,28?,33?,34?,37-,38-,41?,42?,51?,52?,61-,62-/m0/s1. The number of ether oxygens (including phenoxy) is 6. The van der Waals surface area contributed by atoms with Crippen LogP contribution in [0.5, 0.6) is 34.5 Å². The second-order valence-corrected chi connectivity index (χ2v) is 23.4. The lowest BCUT2D eigenvalue weighted by molar-refractivity contribution is -0.358. The smallest absolute Gasteiger partial charge is 0.202 e. The molecule has 0 radical (unpaired) electrons. The Balaban J connectivity index is 0.909. The maximum absolute atomic E-state index is 14.4. The number of rotatable bonds is 15. The van der Waals surface area contributed by atoms with Crippen LogP contribution in [0.25, 0.3) is 0 Å². The zero-order valence-electron chi connectivity index (χ0n) is 48.2. The van der Waals surface area contributed by atoms with Crippen LogP contribution in [0.2, 0.25) is 0 Å². The number of nitrogens with zero attached hydrogens (tertiary/aromatic N) is 4. The van der Waals surface area contributed by atoms with E-state index in [1.807, 2.05) is 12.2 Å². The van der Waals surface area contributed by atoms with Gasteiger partial charge in [0.1, 0.15) is 58.9 Å². The molecule has 0 amide bonds. The lowest BCUT2D eigenvalue weighted by atomic mass is 9.72. The molecule has 4 aromatic rings. The molecule has 4 aromatic carbocycles. The van der Waals surface area contributed by atoms with Gasteiger partial charge in [0, 0.05) is 97.4 Å². The van der Waals surface area contributed by atoms with Crippen molar-refractivity contribution in [2.75, 3.05) is 40.5 Å². The summed E-state index contributed by atoms with van der Waals surface area (Å²) in [6.07, 6.45) is -6.09. The first kappa shape index (κ1) is 60.6. The third-order valence-corrected chi connectivity index (χ3v) is 18.4. The van der Waals surface area contributed by atoms with E-state index in [9.17, 15) is 79.8 Å². The Morgan fingerprint density at radius 1 is 0.580 bits per heavy atom. The molecule has 88 heavy (non-hydrogen) atoms. The minimum absolute atomic E-state index is 0.0102. The minimum Gasteiger partial charge on any atom is -0.507 e. The molecule has 466 valence electrons. The van der Waals surface area contributed by atoms with Gasteiger partial charge >= 0.3 is 0 Å². The van der Waals surface area contributed by atoms with E-state index in [0.29, 0.717) is 25.9 Å². The number of phenolic OH excluding ortho intramolecular Hbond substituents is 4. The van der Waals surface area contributed by atoms with Gasteiger partial charge in [-0.25, -0.2) is 0 Å². The van der Waals surface area contributed by atoms with Crippen molar-refractivity contribution < 1.29 is 108 Å². The van der Waals surface area contributed by atoms with Crippen LogP contribution in [0.15, 0.2) is 61.0 Å². The Bertz CT molecular complexity index is 3450. The molecule has 26 nitrogen and oxygen atoms in total. The highest BCUT2D eigenvalue weighted by molar-refractivity contribution is 6.32. The predicted octanol–water partition coefficient (Wildman–Crippen LogP) is 1.89. The van der Waals surface area contributed by atoms with Gasteiger partial charge in [-0.1, -0.05) is 36.4 Å². The first-order chi connectivity index (χ1) is 42.0. The number of hydrazine groups is 3. The van der Waals surface area contributed by atoms with Gasteiger partial charge in [0.25, 0.3) is 0 Å². The Morgan fingerprint density at radius 3 is 1.30 bits per heavy atom. The predicted molar refractivity (Wildman–Crippen MR) is 300 cm³/mol. The van der Waals surface area contributed by atoms with Gasteiger partial charge in [-0.05, 0) is 38.8 Å². The molecule has 0 bridgehead atoms. The highest BCUT2D eigenvalue weighted by atomic mass is 16.7. The van der Waals surface area contributed by atoms with Crippen LogP contribution in [-0.2, 0) is 41.4 Å². The van der Waals surface area contributed by atoms with Crippen LogP contribution in [-0.4, -0.2) is 207 Å². The van der Waals surface area contributed by atoms with Crippen LogP contribution in [0, 0.1) is 0 Å². The monoisotopic (exact) mass is 1220 g/mol. The quantitative estimate of drug-likeness (QED) is 0.0518. The molecular weight excluding hydrogens is 1150 g/mol. The maximum atomic E-state index is 14.4. The third kappa shape index (κ3) is 9.47. The van der Waals surface area contributed by atoms with Crippen LogP contribution >= 0.6 is 0 Å². The van der Waals surface area contributed by atoms with Crippen molar-refractivity contribution in [2.24, 2.45) is 0 Å². The van der Waals surface area contributed by atoms with Crippen molar-refractivity contribution in [3.05, 3.63) is 128 Å². The lowest BCUT2D eigenvalue weighted by Gasteiger charge is -2.56. The van der Waals surface area contributed by atoms with E-state index in [1.54, 1.807) is 46.5 Å². The highest BCUT2D eigenvalue weighted by Crippen LogP contribution is 2.55. The molecule has 8 aliphatic rings. The van der Waals surface area contributed by atoms with Crippen LogP contribution < -0.4 is 9.47 Å². The molecule has 2 fully saturated rings. The molecule has 12 atom stereocenters. The average Bonchev–Trinajstić information content (AvgIpc) is 1.18. The summed E-state index contributed by atoms with van der Waals surface area (Å²) >= 11 is 0. The summed E-state index contributed by atoms with van der Waals surface area (Å²) in [6.45, 7) is 1.44. The van der Waals surface area contributed by atoms with Gasteiger partial charge in [-0.15, -0.1) is 10.2 Å². The highest BCUT2D eigenvalue weighted by Gasteiger charge is 2.56. The number of methoxy groups -OCH3 is 2. The number of Topliss-reactive ketones (excluding diaryl/α,β-unsaturated/α-hetero) is 2. The number of aliphatic hydroxyl groups excluding tert-OH is 4. The normalized spacial score (nSPS) is 29.6. The van der Waals surface area contributed by atoms with Crippen LogP contribution in [0.4, 0.5) is 0 Å². The summed E-state index contributed by atoms with van der Waals surface area (Å²) in [7, 11) is 2.58. The summed E-state index contributed by atoms with van der Waals surface area (Å²) in [5.74, 6) is -8.86. The average molecular weight is 1220 g/mol. The van der Waals surface area contributed by atoms with Crippen molar-refractivity contribution in [2.45, 2.75) is 138 Å². The number of benzene rings is 4. The minimum atomic E-state index is -2.48. The Morgan fingerprint density at radius 2 is 0.955 bits per heavy atom. The lowest BCUT2D eigenvalue weighted by Crippen LogP contribution is -2.71. The fraction of sp³-hybridized carbons (Fsp3) is 0.452. The third-order valence-electron chi connectivity index (χ3n) is 18.4. The molecule has 10 N–H and O–H groups in total. The molecular formula is C62H66N4O22. The number of hydrogen-bond acceptors (Lipinski definition) is 26. The van der Waals surface area contributed by atoms with Crippen molar-refractivity contribution in [1.29, 1.82) is 0 Å². The molecule has 26 heteroatoms. The topological polar surface area (TPSA) is 373 Å². The van der Waals surface area contributed by atoms with Gasteiger partial charge in [0.05, 0.1) is 96.3 Å². The summed E-state index contributed by atoms with van der Waals surface area (Å²) < 4.78 is 37.0. The van der Waals surface area contributed by atoms with Crippen molar-refractivity contribution in [1.82, 2.24) is 20.3 Å². The van der Waals surface area contributed by atoms with E-state index < -0.39 is 191 Å². The summed E-state index contributed by atoms with van der Waals surface area (Å²) in [5.41, 5.74) is -9.09. The van der Waals surface area contributed by atoms with Crippen molar-refractivity contribution in [3.63, 3.8) is 0 Å². The molecule has 0 saturated carbocycles. The Labute approximate surface area is 502 Å². The molecule has 0 spiro atoms. The Kier molecular flexibility index (Phi) is 15.6. The molecule has 0 aromatic heterocycles. The number of carbonyl (C=O) groups is 6. The summed E-state index contributed by atoms with van der Waals surface area (Å²) in [4.78, 5) is 84.3.